The van der Waals surface area contributed by atoms with Crippen molar-refractivity contribution in [3.8, 4) is 0 Å². The number of aryl methyl sites for hydroxylation is 1. The fourth-order valence-electron chi connectivity index (χ4n) is 1.72. The summed E-state index contributed by atoms with van der Waals surface area (Å²) in [5.74, 6) is 1.03. The molecule has 4 heteroatoms. The van der Waals surface area contributed by atoms with Crippen LogP contribution in [0.25, 0.3) is 0 Å². The monoisotopic (exact) mass is 166 g/mol. The lowest BCUT2D eigenvalue weighted by molar-refractivity contribution is 0.337. The quantitative estimate of drug-likeness (QED) is 0.661. The van der Waals surface area contributed by atoms with Gasteiger partial charge in [0, 0.05) is 0 Å². The Labute approximate surface area is 72.0 Å². The van der Waals surface area contributed by atoms with Gasteiger partial charge in [0.15, 0.2) is 0 Å². The highest BCUT2D eigenvalue weighted by Gasteiger charge is 2.16. The molecule has 0 atom stereocenters. The zero-order valence-electron chi connectivity index (χ0n) is 7.32. The third kappa shape index (κ3) is 1.34. The minimum atomic E-state index is 0.564. The molecule has 1 aliphatic heterocycles. The van der Waals surface area contributed by atoms with E-state index in [2.05, 4.69) is 15.4 Å². The first kappa shape index (κ1) is 7.73. The van der Waals surface area contributed by atoms with Gasteiger partial charge < -0.3 is 5.32 Å². The summed E-state index contributed by atoms with van der Waals surface area (Å²) in [7, 11) is 0. The van der Waals surface area contributed by atoms with Crippen LogP contribution >= 0.6 is 0 Å². The van der Waals surface area contributed by atoms with Crippen molar-refractivity contribution in [2.45, 2.75) is 25.8 Å². The first-order valence-electron chi connectivity index (χ1n) is 4.45. The zero-order valence-corrected chi connectivity index (χ0v) is 7.32. The molecule has 1 aliphatic rings. The van der Waals surface area contributed by atoms with Crippen molar-refractivity contribution < 1.29 is 0 Å². The standard InChI is InChI=1S/C8H14N4/c1-7-10-6-11-12(7)8-2-4-9-5-3-8/h6,8-9H,2-5H2,1H3. The van der Waals surface area contributed by atoms with E-state index < -0.39 is 0 Å². The number of nitrogens with one attached hydrogen (secondary N) is 1. The minimum absolute atomic E-state index is 0.564. The van der Waals surface area contributed by atoms with Gasteiger partial charge in [0.2, 0.25) is 0 Å². The largest absolute Gasteiger partial charge is 0.317 e. The lowest BCUT2D eigenvalue weighted by Gasteiger charge is -2.23. The van der Waals surface area contributed by atoms with E-state index in [1.54, 1.807) is 6.33 Å². The summed E-state index contributed by atoms with van der Waals surface area (Å²) in [6.07, 6.45) is 3.98. The lowest BCUT2D eigenvalue weighted by atomic mass is 10.1. The van der Waals surface area contributed by atoms with E-state index in [1.165, 1.54) is 12.8 Å². The van der Waals surface area contributed by atoms with E-state index in [-0.39, 0.29) is 0 Å². The van der Waals surface area contributed by atoms with E-state index in [0.29, 0.717) is 6.04 Å². The van der Waals surface area contributed by atoms with Crippen LogP contribution in [0.15, 0.2) is 6.33 Å². The first-order chi connectivity index (χ1) is 5.88. The molecule has 0 aromatic carbocycles. The van der Waals surface area contributed by atoms with E-state index in [9.17, 15) is 0 Å². The summed E-state index contributed by atoms with van der Waals surface area (Å²) in [6, 6.07) is 0.564. The Hall–Kier alpha value is -0.900. The van der Waals surface area contributed by atoms with E-state index in [4.69, 9.17) is 0 Å². The van der Waals surface area contributed by atoms with Crippen LogP contribution in [0.5, 0.6) is 0 Å². The highest BCUT2D eigenvalue weighted by molar-refractivity contribution is 4.85. The molecule has 1 aromatic heterocycles. The van der Waals surface area contributed by atoms with Crippen LogP contribution < -0.4 is 5.32 Å². The average molecular weight is 166 g/mol. The van der Waals surface area contributed by atoms with Gasteiger partial charge in [-0.3, -0.25) is 0 Å². The third-order valence-electron chi connectivity index (χ3n) is 2.41. The fraction of sp³-hybridized carbons (Fsp3) is 0.750. The molecule has 0 saturated carbocycles. The Kier molecular flexibility index (Phi) is 2.08. The predicted molar refractivity (Wildman–Crippen MR) is 45.9 cm³/mol. The summed E-state index contributed by atoms with van der Waals surface area (Å²) in [5.41, 5.74) is 0. The van der Waals surface area contributed by atoms with E-state index in [0.717, 1.165) is 18.9 Å². The van der Waals surface area contributed by atoms with Gasteiger partial charge >= 0.3 is 0 Å². The second-order valence-corrected chi connectivity index (χ2v) is 3.23. The molecule has 0 radical (unpaired) electrons. The number of hydrogen-bond acceptors (Lipinski definition) is 3. The number of aromatic nitrogens is 3. The third-order valence-corrected chi connectivity index (χ3v) is 2.41. The average Bonchev–Trinajstić information content (AvgIpc) is 2.53. The molecule has 4 nitrogen and oxygen atoms in total. The molecule has 0 amide bonds. The summed E-state index contributed by atoms with van der Waals surface area (Å²) in [6.45, 7) is 4.21. The Bertz CT molecular complexity index is 249. The lowest BCUT2D eigenvalue weighted by Crippen LogP contribution is -2.30. The summed E-state index contributed by atoms with van der Waals surface area (Å²) >= 11 is 0. The van der Waals surface area contributed by atoms with Gasteiger partial charge in [-0.25, -0.2) is 9.67 Å². The number of piperidine rings is 1. The van der Waals surface area contributed by atoms with Crippen LogP contribution in [0.1, 0.15) is 24.7 Å². The van der Waals surface area contributed by atoms with Gasteiger partial charge in [-0.2, -0.15) is 5.10 Å². The van der Waals surface area contributed by atoms with Gasteiger partial charge in [-0.1, -0.05) is 0 Å². The second-order valence-electron chi connectivity index (χ2n) is 3.23. The molecule has 0 unspecified atom stereocenters. The predicted octanol–water partition coefficient (Wildman–Crippen LogP) is 0.511. The first-order valence-corrected chi connectivity index (χ1v) is 4.45. The van der Waals surface area contributed by atoms with Crippen LogP contribution in [-0.4, -0.2) is 27.9 Å². The summed E-state index contributed by atoms with van der Waals surface area (Å²) in [5, 5.41) is 7.55. The normalized spacial score (nSPS) is 19.8. The molecule has 12 heavy (non-hydrogen) atoms. The molecular weight excluding hydrogens is 152 g/mol. The SMILES string of the molecule is Cc1ncnn1C1CCNCC1. The molecule has 1 aromatic rings. The van der Waals surface area contributed by atoms with Crippen molar-refractivity contribution in [3.63, 3.8) is 0 Å². The van der Waals surface area contributed by atoms with Gasteiger partial charge in [-0.05, 0) is 32.9 Å². The molecule has 2 heterocycles. The van der Waals surface area contributed by atoms with Crippen molar-refractivity contribution in [3.05, 3.63) is 12.2 Å². The van der Waals surface area contributed by atoms with Crippen molar-refractivity contribution in [1.29, 1.82) is 0 Å². The molecular formula is C8H14N4. The molecule has 2 rings (SSSR count). The number of rotatable bonds is 1. The highest BCUT2D eigenvalue weighted by atomic mass is 15.3. The van der Waals surface area contributed by atoms with Crippen LogP contribution in [0.3, 0.4) is 0 Å². The van der Waals surface area contributed by atoms with Crippen LogP contribution in [0.4, 0.5) is 0 Å². The van der Waals surface area contributed by atoms with Crippen molar-refractivity contribution >= 4 is 0 Å². The Morgan fingerprint density at radius 3 is 2.83 bits per heavy atom. The Morgan fingerprint density at radius 2 is 2.25 bits per heavy atom. The zero-order chi connectivity index (χ0) is 8.39. The number of nitrogens with zero attached hydrogens (tertiary/aromatic N) is 3. The van der Waals surface area contributed by atoms with Crippen LogP contribution in [0.2, 0.25) is 0 Å². The Balaban J connectivity index is 2.13. The van der Waals surface area contributed by atoms with Crippen molar-refractivity contribution in [2.75, 3.05) is 13.1 Å². The smallest absolute Gasteiger partial charge is 0.138 e. The van der Waals surface area contributed by atoms with Gasteiger partial charge in [0.05, 0.1) is 6.04 Å². The maximum Gasteiger partial charge on any atom is 0.138 e. The maximum absolute atomic E-state index is 4.22. The molecule has 1 saturated heterocycles. The second kappa shape index (κ2) is 3.23. The van der Waals surface area contributed by atoms with E-state index in [1.807, 2.05) is 11.6 Å². The molecule has 1 N–H and O–H groups in total. The van der Waals surface area contributed by atoms with E-state index >= 15 is 0 Å². The molecule has 0 spiro atoms. The number of hydrogen-bond donors (Lipinski definition) is 1. The van der Waals surface area contributed by atoms with Gasteiger partial charge in [-0.15, -0.1) is 0 Å². The van der Waals surface area contributed by atoms with Gasteiger partial charge in [0.1, 0.15) is 12.2 Å². The van der Waals surface area contributed by atoms with Crippen LogP contribution in [0, 0.1) is 6.92 Å². The fourth-order valence-corrected chi connectivity index (χ4v) is 1.72. The van der Waals surface area contributed by atoms with Crippen LogP contribution in [-0.2, 0) is 0 Å². The molecule has 0 bridgehead atoms. The topological polar surface area (TPSA) is 42.7 Å². The summed E-state index contributed by atoms with van der Waals surface area (Å²) in [4.78, 5) is 4.12. The molecule has 66 valence electrons. The maximum atomic E-state index is 4.22. The minimum Gasteiger partial charge on any atom is -0.317 e. The Morgan fingerprint density at radius 1 is 1.50 bits per heavy atom. The molecule has 0 aliphatic carbocycles. The van der Waals surface area contributed by atoms with Crippen molar-refractivity contribution in [2.24, 2.45) is 0 Å². The highest BCUT2D eigenvalue weighted by Crippen LogP contribution is 2.17. The molecule has 1 fully saturated rings. The van der Waals surface area contributed by atoms with Gasteiger partial charge in [0.25, 0.3) is 0 Å². The van der Waals surface area contributed by atoms with Crippen molar-refractivity contribution in [1.82, 2.24) is 20.1 Å². The summed E-state index contributed by atoms with van der Waals surface area (Å²) < 4.78 is 2.04.